The average Bonchev–Trinajstić information content (AvgIpc) is 2.38. The van der Waals surface area contributed by atoms with Crippen molar-refractivity contribution in [3.8, 4) is 0 Å². The number of nitrogens with one attached hydrogen (secondary N) is 1. The van der Waals surface area contributed by atoms with Gasteiger partial charge in [0.1, 0.15) is 0 Å². The number of pyridine rings is 1. The number of thioether (sulfide) groups is 1. The molecule has 2 heterocycles. The van der Waals surface area contributed by atoms with E-state index in [9.17, 15) is 10.1 Å². The molecular formula is C11H15N3O2S. The molecule has 1 aromatic rings. The molecule has 0 aliphatic carbocycles. The standard InChI is InChI=1S/C11H15N3O2S/c15-14(16)10-4-2-6-13-11(10)17-8-9-3-1-5-12-7-9/h2,4,6,9,12H,1,3,5,7-8H2/t9-/m1/s1. The van der Waals surface area contributed by atoms with Crippen molar-refractivity contribution in [2.24, 2.45) is 5.92 Å². The molecule has 1 N–H and O–H groups in total. The fraction of sp³-hybridized carbons (Fsp3) is 0.545. The lowest BCUT2D eigenvalue weighted by Crippen LogP contribution is -2.30. The van der Waals surface area contributed by atoms with Gasteiger partial charge >= 0.3 is 5.69 Å². The summed E-state index contributed by atoms with van der Waals surface area (Å²) >= 11 is 1.49. The molecule has 0 bridgehead atoms. The molecule has 0 aromatic carbocycles. The first-order valence-electron chi connectivity index (χ1n) is 5.70. The lowest BCUT2D eigenvalue weighted by Gasteiger charge is -2.21. The van der Waals surface area contributed by atoms with Gasteiger partial charge in [0.15, 0.2) is 5.03 Å². The minimum Gasteiger partial charge on any atom is -0.316 e. The summed E-state index contributed by atoms with van der Waals surface area (Å²) in [5.41, 5.74) is 0.112. The van der Waals surface area contributed by atoms with Crippen LogP contribution in [0.4, 0.5) is 5.69 Å². The van der Waals surface area contributed by atoms with E-state index in [0.717, 1.165) is 18.8 Å². The lowest BCUT2D eigenvalue weighted by molar-refractivity contribution is -0.388. The molecule has 92 valence electrons. The Hall–Kier alpha value is -1.14. The molecule has 1 saturated heterocycles. The molecule has 0 saturated carbocycles. The fourth-order valence-electron chi connectivity index (χ4n) is 1.90. The number of nitrogens with zero attached hydrogens (tertiary/aromatic N) is 2. The monoisotopic (exact) mass is 253 g/mol. The summed E-state index contributed by atoms with van der Waals surface area (Å²) in [4.78, 5) is 14.5. The van der Waals surface area contributed by atoms with Gasteiger partial charge in [-0.15, -0.1) is 0 Å². The molecule has 1 fully saturated rings. The molecule has 6 heteroatoms. The van der Waals surface area contributed by atoms with E-state index in [0.29, 0.717) is 10.9 Å². The van der Waals surface area contributed by atoms with Gasteiger partial charge in [0, 0.05) is 18.0 Å². The number of hydrogen-bond acceptors (Lipinski definition) is 5. The van der Waals surface area contributed by atoms with Crippen molar-refractivity contribution < 1.29 is 4.92 Å². The Morgan fingerprint density at radius 3 is 3.24 bits per heavy atom. The largest absolute Gasteiger partial charge is 0.316 e. The Balaban J connectivity index is 1.96. The Kier molecular flexibility index (Phi) is 4.33. The molecular weight excluding hydrogens is 238 g/mol. The SMILES string of the molecule is O=[N+]([O-])c1cccnc1SC[C@@H]1CCCNC1. The third-order valence-corrected chi connectivity index (χ3v) is 4.03. The zero-order valence-corrected chi connectivity index (χ0v) is 10.3. The van der Waals surface area contributed by atoms with Crippen molar-refractivity contribution in [1.29, 1.82) is 0 Å². The van der Waals surface area contributed by atoms with Gasteiger partial charge in [0.05, 0.1) is 4.92 Å². The van der Waals surface area contributed by atoms with Crippen LogP contribution >= 0.6 is 11.8 Å². The minimum atomic E-state index is -0.367. The predicted molar refractivity (Wildman–Crippen MR) is 67.2 cm³/mol. The third kappa shape index (κ3) is 3.41. The van der Waals surface area contributed by atoms with Gasteiger partial charge in [-0.1, -0.05) is 11.8 Å². The van der Waals surface area contributed by atoms with Crippen molar-refractivity contribution in [1.82, 2.24) is 10.3 Å². The van der Waals surface area contributed by atoms with Crippen LogP contribution in [0.25, 0.3) is 0 Å². The van der Waals surface area contributed by atoms with Crippen LogP contribution in [0.5, 0.6) is 0 Å². The summed E-state index contributed by atoms with van der Waals surface area (Å²) in [7, 11) is 0. The Morgan fingerprint density at radius 2 is 2.53 bits per heavy atom. The highest BCUT2D eigenvalue weighted by atomic mass is 32.2. The normalized spacial score (nSPS) is 20.1. The fourth-order valence-corrected chi connectivity index (χ4v) is 3.00. The smallest absolute Gasteiger partial charge is 0.301 e. The summed E-state index contributed by atoms with van der Waals surface area (Å²) in [5.74, 6) is 1.49. The number of aromatic nitrogens is 1. The molecule has 1 aliphatic heterocycles. The molecule has 1 aromatic heterocycles. The third-order valence-electron chi connectivity index (χ3n) is 2.80. The molecule has 1 atom stereocenters. The summed E-state index contributed by atoms with van der Waals surface area (Å²) in [5, 5.41) is 14.7. The van der Waals surface area contributed by atoms with Gasteiger partial charge in [0.25, 0.3) is 0 Å². The van der Waals surface area contributed by atoms with Crippen molar-refractivity contribution >= 4 is 17.4 Å². The van der Waals surface area contributed by atoms with Crippen LogP contribution in [0.15, 0.2) is 23.4 Å². The van der Waals surface area contributed by atoms with Crippen LogP contribution in [0.2, 0.25) is 0 Å². The van der Waals surface area contributed by atoms with Gasteiger partial charge in [-0.2, -0.15) is 0 Å². The summed E-state index contributed by atoms with van der Waals surface area (Å²) in [6, 6.07) is 3.11. The van der Waals surface area contributed by atoms with Gasteiger partial charge in [0.2, 0.25) is 0 Å². The van der Waals surface area contributed by atoms with Crippen LogP contribution in [0.3, 0.4) is 0 Å². The van der Waals surface area contributed by atoms with Crippen LogP contribution in [0.1, 0.15) is 12.8 Å². The number of hydrogen-bond donors (Lipinski definition) is 1. The maximum atomic E-state index is 10.8. The average molecular weight is 253 g/mol. The van der Waals surface area contributed by atoms with Gasteiger partial charge < -0.3 is 5.32 Å². The van der Waals surface area contributed by atoms with Crippen molar-refractivity contribution in [3.05, 3.63) is 28.4 Å². The van der Waals surface area contributed by atoms with Crippen LogP contribution in [0, 0.1) is 16.0 Å². The zero-order chi connectivity index (χ0) is 12.1. The number of nitro groups is 1. The molecule has 0 amide bonds. The predicted octanol–water partition coefficient (Wildman–Crippen LogP) is 2.08. The van der Waals surface area contributed by atoms with Crippen molar-refractivity contribution in [2.75, 3.05) is 18.8 Å². The Labute approximate surface area is 104 Å². The number of rotatable bonds is 4. The summed E-state index contributed by atoms with van der Waals surface area (Å²) < 4.78 is 0. The maximum Gasteiger partial charge on any atom is 0.301 e. The van der Waals surface area contributed by atoms with Crippen molar-refractivity contribution in [3.63, 3.8) is 0 Å². The van der Waals surface area contributed by atoms with E-state index < -0.39 is 0 Å². The Bertz CT molecular complexity index is 394. The molecule has 1 aliphatic rings. The zero-order valence-electron chi connectivity index (χ0n) is 9.46. The molecule has 5 nitrogen and oxygen atoms in total. The Morgan fingerprint density at radius 1 is 1.65 bits per heavy atom. The first-order valence-corrected chi connectivity index (χ1v) is 6.69. The molecule has 2 rings (SSSR count). The van der Waals surface area contributed by atoms with E-state index in [1.165, 1.54) is 30.7 Å². The first-order chi connectivity index (χ1) is 8.27. The highest BCUT2D eigenvalue weighted by Crippen LogP contribution is 2.29. The van der Waals surface area contributed by atoms with E-state index in [4.69, 9.17) is 0 Å². The molecule has 0 unspecified atom stereocenters. The maximum absolute atomic E-state index is 10.8. The van der Waals surface area contributed by atoms with E-state index in [2.05, 4.69) is 10.3 Å². The summed E-state index contributed by atoms with van der Waals surface area (Å²) in [6.45, 7) is 2.10. The van der Waals surface area contributed by atoms with E-state index in [-0.39, 0.29) is 10.6 Å². The molecule has 0 radical (unpaired) electrons. The van der Waals surface area contributed by atoms with Gasteiger partial charge in [-0.25, -0.2) is 4.98 Å². The lowest BCUT2D eigenvalue weighted by atomic mass is 10.0. The van der Waals surface area contributed by atoms with Gasteiger partial charge in [-0.3, -0.25) is 10.1 Å². The quantitative estimate of drug-likeness (QED) is 0.505. The second kappa shape index (κ2) is 5.97. The summed E-state index contributed by atoms with van der Waals surface area (Å²) in [6.07, 6.45) is 3.99. The topological polar surface area (TPSA) is 68.1 Å². The highest BCUT2D eigenvalue weighted by molar-refractivity contribution is 7.99. The second-order valence-electron chi connectivity index (χ2n) is 4.11. The van der Waals surface area contributed by atoms with Crippen LogP contribution < -0.4 is 5.32 Å². The molecule has 17 heavy (non-hydrogen) atoms. The van der Waals surface area contributed by atoms with Crippen LogP contribution in [-0.4, -0.2) is 28.7 Å². The van der Waals surface area contributed by atoms with Gasteiger partial charge in [-0.05, 0) is 37.9 Å². The van der Waals surface area contributed by atoms with E-state index in [1.807, 2.05) is 0 Å². The molecule has 0 spiro atoms. The van der Waals surface area contributed by atoms with Crippen LogP contribution in [-0.2, 0) is 0 Å². The second-order valence-corrected chi connectivity index (χ2v) is 5.12. The van der Waals surface area contributed by atoms with E-state index >= 15 is 0 Å². The minimum absolute atomic E-state index is 0.112. The van der Waals surface area contributed by atoms with E-state index in [1.54, 1.807) is 12.3 Å². The first kappa shape index (κ1) is 12.3. The van der Waals surface area contributed by atoms with Crippen molar-refractivity contribution in [2.45, 2.75) is 17.9 Å². The number of piperidine rings is 1. The highest BCUT2D eigenvalue weighted by Gasteiger charge is 2.18.